The van der Waals surface area contributed by atoms with Gasteiger partial charge in [-0.25, -0.2) is 4.98 Å². The zero-order valence-electron chi connectivity index (χ0n) is 22.3. The van der Waals surface area contributed by atoms with Crippen molar-refractivity contribution in [2.24, 2.45) is 0 Å². The Balaban J connectivity index is 1.28. The average molecular weight is 522 g/mol. The van der Waals surface area contributed by atoms with E-state index >= 15 is 0 Å². The molecule has 5 heteroatoms. The molecule has 2 aliphatic heterocycles. The first-order chi connectivity index (χ1) is 19.5. The van der Waals surface area contributed by atoms with Crippen LogP contribution in [0, 0.1) is 0 Å². The summed E-state index contributed by atoms with van der Waals surface area (Å²) < 4.78 is 0. The molecule has 5 aromatic rings. The summed E-state index contributed by atoms with van der Waals surface area (Å²) in [4.78, 5) is 36.5. The molecule has 7 rings (SSSR count). The predicted octanol–water partition coefficient (Wildman–Crippen LogP) is 7.86. The van der Waals surface area contributed by atoms with Crippen molar-refractivity contribution in [3.63, 3.8) is 0 Å². The van der Waals surface area contributed by atoms with Crippen molar-refractivity contribution >= 4 is 23.2 Å². The third-order valence-electron chi connectivity index (χ3n) is 8.13. The normalized spacial score (nSPS) is 16.9. The number of carbonyl (C=O) groups excluding carboxylic acids is 2. The Morgan fingerprint density at radius 2 is 0.875 bits per heavy atom. The second kappa shape index (κ2) is 9.31. The lowest BCUT2D eigenvalue weighted by atomic mass is 9.88. The van der Waals surface area contributed by atoms with Crippen molar-refractivity contribution in [3.8, 4) is 22.3 Å². The van der Waals surface area contributed by atoms with Gasteiger partial charge in [-0.3, -0.25) is 19.4 Å². The SMILES string of the molecule is CC1c2ccccc2-c2ccccc2N1C(=O)c1cccc(C(=O)N2c3ccccc3-c3ccccc3C2C)n1. The fraction of sp³-hybridized carbons (Fsp3) is 0.114. The van der Waals surface area contributed by atoms with Crippen LogP contribution in [-0.4, -0.2) is 16.8 Å². The van der Waals surface area contributed by atoms with E-state index in [4.69, 9.17) is 0 Å². The fourth-order valence-electron chi connectivity index (χ4n) is 6.22. The van der Waals surface area contributed by atoms with Crippen LogP contribution in [0.3, 0.4) is 0 Å². The smallest absolute Gasteiger partial charge is 0.277 e. The van der Waals surface area contributed by atoms with Crippen LogP contribution in [0.15, 0.2) is 115 Å². The zero-order valence-corrected chi connectivity index (χ0v) is 22.3. The molecule has 0 bridgehead atoms. The number of nitrogens with zero attached hydrogens (tertiary/aromatic N) is 3. The van der Waals surface area contributed by atoms with Gasteiger partial charge in [-0.2, -0.15) is 0 Å². The lowest BCUT2D eigenvalue weighted by Gasteiger charge is -2.37. The van der Waals surface area contributed by atoms with E-state index in [0.29, 0.717) is 0 Å². The summed E-state index contributed by atoms with van der Waals surface area (Å²) in [6.45, 7) is 4.07. The third-order valence-corrected chi connectivity index (χ3v) is 8.13. The molecule has 3 heterocycles. The van der Waals surface area contributed by atoms with E-state index in [1.807, 2.05) is 86.6 Å². The van der Waals surface area contributed by atoms with E-state index in [-0.39, 0.29) is 35.3 Å². The van der Waals surface area contributed by atoms with Gasteiger partial charge in [0.25, 0.3) is 11.8 Å². The van der Waals surface area contributed by atoms with Crippen molar-refractivity contribution in [1.29, 1.82) is 0 Å². The van der Waals surface area contributed by atoms with Crippen LogP contribution in [0.5, 0.6) is 0 Å². The van der Waals surface area contributed by atoms with E-state index in [0.717, 1.165) is 44.8 Å². The number of carbonyl (C=O) groups is 2. The topological polar surface area (TPSA) is 53.5 Å². The number of aromatic nitrogens is 1. The van der Waals surface area contributed by atoms with Crippen LogP contribution in [0.25, 0.3) is 22.3 Å². The first-order valence-corrected chi connectivity index (χ1v) is 13.6. The summed E-state index contributed by atoms with van der Waals surface area (Å²) >= 11 is 0. The van der Waals surface area contributed by atoms with Gasteiger partial charge < -0.3 is 0 Å². The molecule has 2 atom stereocenters. The molecule has 0 radical (unpaired) electrons. The van der Waals surface area contributed by atoms with Gasteiger partial charge in [0.2, 0.25) is 0 Å². The number of fused-ring (bicyclic) bond motifs is 6. The number of amides is 2. The molecule has 40 heavy (non-hydrogen) atoms. The summed E-state index contributed by atoms with van der Waals surface area (Å²) in [7, 11) is 0. The molecule has 4 aromatic carbocycles. The highest BCUT2D eigenvalue weighted by Gasteiger charge is 2.35. The Kier molecular flexibility index (Phi) is 5.60. The lowest BCUT2D eigenvalue weighted by molar-refractivity contribution is 0.0969. The molecule has 5 nitrogen and oxygen atoms in total. The van der Waals surface area contributed by atoms with E-state index < -0.39 is 0 Å². The number of anilines is 2. The van der Waals surface area contributed by atoms with Gasteiger partial charge in [-0.1, -0.05) is 91.0 Å². The summed E-state index contributed by atoms with van der Waals surface area (Å²) in [5.41, 5.74) is 8.60. The Morgan fingerprint density at radius 3 is 1.32 bits per heavy atom. The second-order valence-corrected chi connectivity index (χ2v) is 10.3. The summed E-state index contributed by atoms with van der Waals surface area (Å²) in [6, 6.07) is 37.0. The van der Waals surface area contributed by atoms with Crippen molar-refractivity contribution < 1.29 is 9.59 Å². The molecule has 2 amide bonds. The Bertz CT molecular complexity index is 1680. The minimum Gasteiger partial charge on any atom is -0.299 e. The molecule has 0 N–H and O–H groups in total. The number of pyridine rings is 1. The molecule has 1 aromatic heterocycles. The van der Waals surface area contributed by atoms with Gasteiger partial charge in [0.1, 0.15) is 11.4 Å². The number of benzene rings is 4. The average Bonchev–Trinajstić information content (AvgIpc) is 3.01. The highest BCUT2D eigenvalue weighted by Crippen LogP contribution is 2.46. The minimum absolute atomic E-state index is 0.190. The molecule has 2 unspecified atom stereocenters. The van der Waals surface area contributed by atoms with Gasteiger partial charge in [-0.15, -0.1) is 0 Å². The molecule has 0 fully saturated rings. The van der Waals surface area contributed by atoms with Gasteiger partial charge in [-0.05, 0) is 60.4 Å². The van der Waals surface area contributed by atoms with Crippen molar-refractivity contribution in [1.82, 2.24) is 4.98 Å². The highest BCUT2D eigenvalue weighted by molar-refractivity contribution is 6.12. The largest absolute Gasteiger partial charge is 0.299 e. The summed E-state index contributed by atoms with van der Waals surface area (Å²) in [5, 5.41) is 0. The molecule has 0 aliphatic carbocycles. The highest BCUT2D eigenvalue weighted by atomic mass is 16.2. The number of rotatable bonds is 2. The molecule has 0 saturated heterocycles. The van der Waals surface area contributed by atoms with E-state index in [2.05, 4.69) is 29.2 Å². The molecular formula is C35H27N3O2. The minimum atomic E-state index is -0.235. The van der Waals surface area contributed by atoms with E-state index in [1.54, 1.807) is 28.0 Å². The maximum absolute atomic E-state index is 14.1. The van der Waals surface area contributed by atoms with Gasteiger partial charge >= 0.3 is 0 Å². The van der Waals surface area contributed by atoms with Crippen LogP contribution in [0.2, 0.25) is 0 Å². The van der Waals surface area contributed by atoms with Crippen LogP contribution < -0.4 is 9.80 Å². The predicted molar refractivity (Wildman–Crippen MR) is 158 cm³/mol. The van der Waals surface area contributed by atoms with Gasteiger partial charge in [0.05, 0.1) is 23.5 Å². The maximum Gasteiger partial charge on any atom is 0.277 e. The Hall–Kier alpha value is -5.03. The fourth-order valence-corrected chi connectivity index (χ4v) is 6.22. The zero-order chi connectivity index (χ0) is 27.4. The van der Waals surface area contributed by atoms with Crippen molar-refractivity contribution in [2.45, 2.75) is 25.9 Å². The Morgan fingerprint density at radius 1 is 0.500 bits per heavy atom. The van der Waals surface area contributed by atoms with Gasteiger partial charge in [0, 0.05) is 11.1 Å². The van der Waals surface area contributed by atoms with Crippen molar-refractivity contribution in [2.75, 3.05) is 9.80 Å². The van der Waals surface area contributed by atoms with E-state index in [9.17, 15) is 9.59 Å². The van der Waals surface area contributed by atoms with Crippen LogP contribution in [0.1, 0.15) is 58.0 Å². The van der Waals surface area contributed by atoms with E-state index in [1.165, 1.54) is 0 Å². The number of hydrogen-bond acceptors (Lipinski definition) is 3. The number of hydrogen-bond donors (Lipinski definition) is 0. The summed E-state index contributed by atoms with van der Waals surface area (Å²) in [5.74, 6) is -0.469. The molecule has 2 aliphatic rings. The van der Waals surface area contributed by atoms with Crippen LogP contribution in [-0.2, 0) is 0 Å². The third kappa shape index (κ3) is 3.58. The van der Waals surface area contributed by atoms with Gasteiger partial charge in [0.15, 0.2) is 0 Å². The lowest BCUT2D eigenvalue weighted by Crippen LogP contribution is -2.38. The van der Waals surface area contributed by atoms with Crippen LogP contribution >= 0.6 is 0 Å². The number of para-hydroxylation sites is 2. The monoisotopic (exact) mass is 521 g/mol. The molecule has 0 spiro atoms. The van der Waals surface area contributed by atoms with Crippen molar-refractivity contribution in [3.05, 3.63) is 138 Å². The molecule has 0 saturated carbocycles. The van der Waals surface area contributed by atoms with Crippen LogP contribution in [0.4, 0.5) is 11.4 Å². The Labute approximate surface area is 233 Å². The quantitative estimate of drug-likeness (QED) is 0.238. The summed E-state index contributed by atoms with van der Waals surface area (Å²) in [6.07, 6.45) is 0. The first-order valence-electron chi connectivity index (χ1n) is 13.6. The standard InChI is InChI=1S/C35H27N3O2/c1-22-24-12-3-5-14-26(24)28-16-7-9-20-32(28)37(22)34(39)30-18-11-19-31(36-30)35(40)38-23(2)25-13-4-6-15-27(25)29-17-8-10-21-33(29)38/h3-23H,1-2H3. The molecular weight excluding hydrogens is 494 g/mol. The maximum atomic E-state index is 14.1. The molecule has 194 valence electrons. The second-order valence-electron chi connectivity index (χ2n) is 10.3. The first kappa shape index (κ1) is 24.0.